The first kappa shape index (κ1) is 9.12. The third kappa shape index (κ3) is 1.32. The van der Waals surface area contributed by atoms with Gasteiger partial charge >= 0.3 is 6.18 Å². The van der Waals surface area contributed by atoms with Gasteiger partial charge in [0.15, 0.2) is 0 Å². The van der Waals surface area contributed by atoms with Gasteiger partial charge in [-0.1, -0.05) is 0 Å². The molecule has 1 rings (SSSR count). The van der Waals surface area contributed by atoms with Crippen LogP contribution in [0.25, 0.3) is 0 Å². The first-order chi connectivity index (χ1) is 5.36. The van der Waals surface area contributed by atoms with Gasteiger partial charge in [0, 0.05) is 0 Å². The second kappa shape index (κ2) is 2.52. The molecule has 68 valence electrons. The van der Waals surface area contributed by atoms with Gasteiger partial charge in [0.2, 0.25) is 5.60 Å². The lowest BCUT2D eigenvalue weighted by Gasteiger charge is -2.23. The Kier molecular flexibility index (Phi) is 1.91. The predicted octanol–water partition coefficient (Wildman–Crippen LogP) is 2.05. The quantitative estimate of drug-likeness (QED) is 0.717. The van der Waals surface area contributed by atoms with Crippen LogP contribution in [0.15, 0.2) is 22.8 Å². The van der Waals surface area contributed by atoms with Gasteiger partial charge in [-0.2, -0.15) is 13.2 Å². The SMILES string of the molecule is CC(O)(c1ccco1)C(F)(F)F. The molecule has 12 heavy (non-hydrogen) atoms. The molecule has 1 unspecified atom stereocenters. The topological polar surface area (TPSA) is 33.4 Å². The summed E-state index contributed by atoms with van der Waals surface area (Å²) in [5, 5.41) is 8.99. The van der Waals surface area contributed by atoms with E-state index >= 15 is 0 Å². The summed E-state index contributed by atoms with van der Waals surface area (Å²) in [4.78, 5) is 0. The maximum atomic E-state index is 12.1. The summed E-state index contributed by atoms with van der Waals surface area (Å²) in [6.45, 7) is 0.645. The molecule has 1 aromatic heterocycles. The number of hydrogen-bond donors (Lipinski definition) is 1. The van der Waals surface area contributed by atoms with Gasteiger partial charge in [-0.25, -0.2) is 0 Å². The molecule has 0 amide bonds. The monoisotopic (exact) mass is 180 g/mol. The summed E-state index contributed by atoms with van der Waals surface area (Å²) in [6.07, 6.45) is -3.64. The Labute approximate surface area is 66.6 Å². The molecule has 0 radical (unpaired) electrons. The minimum absolute atomic E-state index is 0.505. The van der Waals surface area contributed by atoms with Crippen LogP contribution in [0.1, 0.15) is 12.7 Å². The molecule has 1 heterocycles. The van der Waals surface area contributed by atoms with E-state index in [-0.39, 0.29) is 0 Å². The fourth-order valence-electron chi connectivity index (χ4n) is 0.695. The lowest BCUT2D eigenvalue weighted by Crippen LogP contribution is -2.38. The van der Waals surface area contributed by atoms with E-state index in [0.717, 1.165) is 12.3 Å². The summed E-state index contributed by atoms with van der Waals surface area (Å²) < 4.78 is 40.7. The smallest absolute Gasteiger partial charge is 0.424 e. The van der Waals surface area contributed by atoms with Crippen molar-refractivity contribution in [2.24, 2.45) is 0 Å². The minimum atomic E-state index is -4.72. The van der Waals surface area contributed by atoms with Crippen LogP contribution in [0.4, 0.5) is 13.2 Å². The number of halogens is 3. The van der Waals surface area contributed by atoms with E-state index < -0.39 is 17.5 Å². The molecule has 1 atom stereocenters. The van der Waals surface area contributed by atoms with Crippen molar-refractivity contribution >= 4 is 0 Å². The van der Waals surface area contributed by atoms with E-state index in [1.54, 1.807) is 0 Å². The molecule has 1 aromatic rings. The molecule has 0 saturated carbocycles. The third-order valence-corrected chi connectivity index (χ3v) is 1.55. The Morgan fingerprint density at radius 3 is 2.33 bits per heavy atom. The fraction of sp³-hybridized carbons (Fsp3) is 0.429. The zero-order valence-corrected chi connectivity index (χ0v) is 6.22. The van der Waals surface area contributed by atoms with Crippen LogP contribution in [-0.2, 0) is 5.60 Å². The molecule has 0 bridgehead atoms. The summed E-state index contributed by atoms with van der Waals surface area (Å²) in [6, 6.07) is 2.36. The number of aliphatic hydroxyl groups is 1. The van der Waals surface area contributed by atoms with Gasteiger partial charge in [-0.15, -0.1) is 0 Å². The van der Waals surface area contributed by atoms with Gasteiger partial charge in [-0.05, 0) is 19.1 Å². The molecular weight excluding hydrogens is 173 g/mol. The lowest BCUT2D eigenvalue weighted by atomic mass is 10.0. The maximum absolute atomic E-state index is 12.1. The number of hydrogen-bond acceptors (Lipinski definition) is 2. The molecule has 0 spiro atoms. The first-order valence-electron chi connectivity index (χ1n) is 3.19. The first-order valence-corrected chi connectivity index (χ1v) is 3.19. The van der Waals surface area contributed by atoms with Crippen molar-refractivity contribution in [1.82, 2.24) is 0 Å². The average Bonchev–Trinajstić information content (AvgIpc) is 2.34. The van der Waals surface area contributed by atoms with Crippen LogP contribution < -0.4 is 0 Å². The van der Waals surface area contributed by atoms with Crippen molar-refractivity contribution < 1.29 is 22.7 Å². The summed E-state index contributed by atoms with van der Waals surface area (Å²) in [5.41, 5.74) is -2.91. The van der Waals surface area contributed by atoms with Crippen LogP contribution >= 0.6 is 0 Å². The highest BCUT2D eigenvalue weighted by molar-refractivity contribution is 5.10. The molecule has 2 nitrogen and oxygen atoms in total. The second-order valence-electron chi connectivity index (χ2n) is 2.55. The van der Waals surface area contributed by atoms with Gasteiger partial charge in [0.1, 0.15) is 5.76 Å². The van der Waals surface area contributed by atoms with E-state index in [2.05, 4.69) is 4.42 Å². The van der Waals surface area contributed by atoms with Crippen LogP contribution in [0.3, 0.4) is 0 Å². The van der Waals surface area contributed by atoms with E-state index in [0.29, 0.717) is 6.92 Å². The molecule has 0 aliphatic rings. The molecule has 1 N–H and O–H groups in total. The molecule has 0 saturated heterocycles. The molecule has 0 aliphatic heterocycles. The van der Waals surface area contributed by atoms with Crippen LogP contribution in [-0.4, -0.2) is 11.3 Å². The normalized spacial score (nSPS) is 17.4. The van der Waals surface area contributed by atoms with Crippen LogP contribution in [0.5, 0.6) is 0 Å². The molecule has 0 aromatic carbocycles. The van der Waals surface area contributed by atoms with Gasteiger partial charge in [0.05, 0.1) is 6.26 Å². The van der Waals surface area contributed by atoms with E-state index in [9.17, 15) is 13.2 Å². The van der Waals surface area contributed by atoms with Crippen molar-refractivity contribution in [3.05, 3.63) is 24.2 Å². The van der Waals surface area contributed by atoms with Crippen molar-refractivity contribution in [3.8, 4) is 0 Å². The number of alkyl halides is 3. The number of rotatable bonds is 1. The summed E-state index contributed by atoms with van der Waals surface area (Å²) in [7, 11) is 0. The lowest BCUT2D eigenvalue weighted by molar-refractivity contribution is -0.264. The third-order valence-electron chi connectivity index (χ3n) is 1.55. The standard InChI is InChI=1S/C7H7F3O2/c1-6(11,7(8,9)10)5-3-2-4-12-5/h2-4,11H,1H3. The molecular formula is C7H7F3O2. The molecule has 0 aliphatic carbocycles. The highest BCUT2D eigenvalue weighted by atomic mass is 19.4. The van der Waals surface area contributed by atoms with Crippen molar-refractivity contribution in [1.29, 1.82) is 0 Å². The van der Waals surface area contributed by atoms with E-state index in [4.69, 9.17) is 5.11 Å². The molecule has 0 fully saturated rings. The largest absolute Gasteiger partial charge is 0.466 e. The van der Waals surface area contributed by atoms with Crippen LogP contribution in [0.2, 0.25) is 0 Å². The average molecular weight is 180 g/mol. The van der Waals surface area contributed by atoms with Gasteiger partial charge in [-0.3, -0.25) is 0 Å². The van der Waals surface area contributed by atoms with Crippen molar-refractivity contribution in [3.63, 3.8) is 0 Å². The summed E-state index contributed by atoms with van der Waals surface area (Å²) >= 11 is 0. The zero-order valence-electron chi connectivity index (χ0n) is 6.22. The highest BCUT2D eigenvalue weighted by Gasteiger charge is 2.53. The van der Waals surface area contributed by atoms with E-state index in [1.165, 1.54) is 6.07 Å². The second-order valence-corrected chi connectivity index (χ2v) is 2.55. The predicted molar refractivity (Wildman–Crippen MR) is 34.3 cm³/mol. The molecule has 5 heteroatoms. The maximum Gasteiger partial charge on any atom is 0.424 e. The fourth-order valence-corrected chi connectivity index (χ4v) is 0.695. The van der Waals surface area contributed by atoms with Crippen LogP contribution in [0, 0.1) is 0 Å². The Morgan fingerprint density at radius 2 is 2.00 bits per heavy atom. The Bertz CT molecular complexity index is 248. The van der Waals surface area contributed by atoms with Crippen molar-refractivity contribution in [2.45, 2.75) is 18.7 Å². The Hall–Kier alpha value is -0.970. The van der Waals surface area contributed by atoms with E-state index in [1.807, 2.05) is 0 Å². The van der Waals surface area contributed by atoms with Crippen molar-refractivity contribution in [2.75, 3.05) is 0 Å². The summed E-state index contributed by atoms with van der Waals surface area (Å²) in [5.74, 6) is -0.505. The highest BCUT2D eigenvalue weighted by Crippen LogP contribution is 2.38. The van der Waals surface area contributed by atoms with Gasteiger partial charge in [0.25, 0.3) is 0 Å². The van der Waals surface area contributed by atoms with Gasteiger partial charge < -0.3 is 9.52 Å². The number of furan rings is 1. The Morgan fingerprint density at radius 1 is 1.42 bits per heavy atom. The zero-order chi connectivity index (χ0) is 9.41. The Balaban J connectivity index is 3.02. The minimum Gasteiger partial charge on any atom is -0.466 e.